The van der Waals surface area contributed by atoms with Gasteiger partial charge in [0.05, 0.1) is 0 Å². The van der Waals surface area contributed by atoms with Gasteiger partial charge < -0.3 is 21.3 Å². The average Bonchev–Trinajstić information content (AvgIpc) is 2.39. The standard InChI is InChI=1S/C13H16N2O5/c1-13(12(19)20,10(16)7-9(14)11(17)18)15-8-5-3-2-4-6-8/h2-6,9,15H,7,14H2,1H3,(H,17,18)(H,19,20)/t9-,13+/m0/s1. The Bertz CT molecular complexity index is 517. The van der Waals surface area contributed by atoms with Gasteiger partial charge in [-0.15, -0.1) is 0 Å². The molecule has 0 aliphatic heterocycles. The van der Waals surface area contributed by atoms with Crippen LogP contribution >= 0.6 is 0 Å². The Kier molecular flexibility index (Phi) is 4.82. The number of carboxylic acid groups (broad SMARTS) is 2. The number of rotatable bonds is 7. The van der Waals surface area contributed by atoms with Crippen molar-refractivity contribution in [2.45, 2.75) is 24.9 Å². The molecule has 0 unspecified atom stereocenters. The van der Waals surface area contributed by atoms with E-state index < -0.39 is 35.7 Å². The van der Waals surface area contributed by atoms with E-state index in [1.54, 1.807) is 30.3 Å². The van der Waals surface area contributed by atoms with Crippen molar-refractivity contribution < 1.29 is 24.6 Å². The summed E-state index contributed by atoms with van der Waals surface area (Å²) in [5.41, 5.74) is 3.77. The predicted molar refractivity (Wildman–Crippen MR) is 71.3 cm³/mol. The van der Waals surface area contributed by atoms with Crippen molar-refractivity contribution in [3.05, 3.63) is 30.3 Å². The molecule has 0 aliphatic rings. The van der Waals surface area contributed by atoms with Crippen molar-refractivity contribution in [1.29, 1.82) is 0 Å². The zero-order valence-electron chi connectivity index (χ0n) is 10.9. The maximum atomic E-state index is 12.0. The van der Waals surface area contributed by atoms with Crippen LogP contribution in [0.5, 0.6) is 0 Å². The van der Waals surface area contributed by atoms with Crippen LogP contribution in [0.15, 0.2) is 30.3 Å². The summed E-state index contributed by atoms with van der Waals surface area (Å²) in [5.74, 6) is -3.56. The summed E-state index contributed by atoms with van der Waals surface area (Å²) in [5, 5.41) is 20.5. The Morgan fingerprint density at radius 2 is 1.80 bits per heavy atom. The molecule has 0 spiro atoms. The molecule has 0 saturated heterocycles. The van der Waals surface area contributed by atoms with Gasteiger partial charge in [-0.1, -0.05) is 18.2 Å². The number of Topliss-reactive ketones (excluding diaryl/α,β-unsaturated/α-hetero) is 1. The highest BCUT2D eigenvalue weighted by atomic mass is 16.4. The summed E-state index contributed by atoms with van der Waals surface area (Å²) in [6, 6.07) is 6.87. The number of hydrogen-bond donors (Lipinski definition) is 4. The van der Waals surface area contributed by atoms with Crippen LogP contribution in [0.25, 0.3) is 0 Å². The van der Waals surface area contributed by atoms with E-state index in [0.29, 0.717) is 5.69 Å². The van der Waals surface area contributed by atoms with E-state index >= 15 is 0 Å². The lowest BCUT2D eigenvalue weighted by molar-refractivity contribution is -0.148. The second-order valence-corrected chi connectivity index (χ2v) is 4.49. The van der Waals surface area contributed by atoms with Gasteiger partial charge in [-0.2, -0.15) is 0 Å². The average molecular weight is 280 g/mol. The van der Waals surface area contributed by atoms with Gasteiger partial charge in [0.2, 0.25) is 0 Å². The molecule has 0 aliphatic carbocycles. The van der Waals surface area contributed by atoms with Crippen LogP contribution < -0.4 is 11.1 Å². The van der Waals surface area contributed by atoms with Crippen LogP contribution in [0.4, 0.5) is 5.69 Å². The van der Waals surface area contributed by atoms with E-state index in [9.17, 15) is 19.5 Å². The minimum atomic E-state index is -1.94. The van der Waals surface area contributed by atoms with Gasteiger partial charge in [0.25, 0.3) is 0 Å². The van der Waals surface area contributed by atoms with Crippen molar-refractivity contribution in [3.8, 4) is 0 Å². The molecular formula is C13H16N2O5. The number of nitrogens with one attached hydrogen (secondary N) is 1. The molecule has 0 fully saturated rings. The summed E-state index contributed by atoms with van der Waals surface area (Å²) >= 11 is 0. The predicted octanol–water partition coefficient (Wildman–Crippen LogP) is 0.313. The number of ketones is 1. The van der Waals surface area contributed by atoms with Gasteiger partial charge in [0.1, 0.15) is 6.04 Å². The Balaban J connectivity index is 2.94. The molecule has 0 heterocycles. The number of aliphatic carboxylic acids is 2. The number of hydrogen-bond acceptors (Lipinski definition) is 5. The lowest BCUT2D eigenvalue weighted by Gasteiger charge is -2.26. The van der Waals surface area contributed by atoms with Crippen LogP contribution in [0.3, 0.4) is 0 Å². The maximum absolute atomic E-state index is 12.0. The fourth-order valence-corrected chi connectivity index (χ4v) is 1.54. The Hall–Kier alpha value is -2.41. The van der Waals surface area contributed by atoms with E-state index in [1.807, 2.05) is 0 Å². The smallest absolute Gasteiger partial charge is 0.336 e. The second kappa shape index (κ2) is 6.16. The van der Waals surface area contributed by atoms with Gasteiger partial charge in [-0.3, -0.25) is 9.59 Å². The molecule has 0 radical (unpaired) electrons. The topological polar surface area (TPSA) is 130 Å². The van der Waals surface area contributed by atoms with Gasteiger partial charge in [0.15, 0.2) is 11.3 Å². The summed E-state index contributed by atoms with van der Waals surface area (Å²) in [6.07, 6.45) is -0.571. The fourth-order valence-electron chi connectivity index (χ4n) is 1.54. The molecule has 1 rings (SSSR count). The highest BCUT2D eigenvalue weighted by Crippen LogP contribution is 2.18. The number of para-hydroxylation sites is 1. The molecule has 0 amide bonds. The SMILES string of the molecule is C[C@](Nc1ccccc1)(C(=O)O)C(=O)C[C@H](N)C(=O)O. The highest BCUT2D eigenvalue weighted by molar-refractivity contribution is 6.10. The molecule has 0 aromatic heterocycles. The Morgan fingerprint density at radius 1 is 1.25 bits per heavy atom. The Labute approximate surface area is 115 Å². The molecule has 2 atom stereocenters. The van der Waals surface area contributed by atoms with E-state index in [0.717, 1.165) is 0 Å². The van der Waals surface area contributed by atoms with Gasteiger partial charge >= 0.3 is 11.9 Å². The van der Waals surface area contributed by atoms with Crippen LogP contribution in [0.2, 0.25) is 0 Å². The number of benzene rings is 1. The van der Waals surface area contributed by atoms with Gasteiger partial charge in [-0.05, 0) is 19.1 Å². The first-order valence-electron chi connectivity index (χ1n) is 5.85. The van der Waals surface area contributed by atoms with E-state index in [-0.39, 0.29) is 0 Å². The van der Waals surface area contributed by atoms with Crippen LogP contribution in [0, 0.1) is 0 Å². The monoisotopic (exact) mass is 280 g/mol. The zero-order valence-corrected chi connectivity index (χ0v) is 10.9. The second-order valence-electron chi connectivity index (χ2n) is 4.49. The largest absolute Gasteiger partial charge is 0.480 e. The normalized spacial score (nSPS) is 14.9. The lowest BCUT2D eigenvalue weighted by atomic mass is 9.91. The van der Waals surface area contributed by atoms with E-state index in [4.69, 9.17) is 10.8 Å². The third-order valence-corrected chi connectivity index (χ3v) is 2.88. The van der Waals surface area contributed by atoms with E-state index in [2.05, 4.69) is 5.32 Å². The third-order valence-electron chi connectivity index (χ3n) is 2.88. The van der Waals surface area contributed by atoms with Crippen molar-refractivity contribution >= 4 is 23.4 Å². The molecule has 5 N–H and O–H groups in total. The van der Waals surface area contributed by atoms with Gasteiger partial charge in [0, 0.05) is 12.1 Å². The molecule has 0 bridgehead atoms. The van der Waals surface area contributed by atoms with Crippen molar-refractivity contribution in [2.24, 2.45) is 5.73 Å². The Morgan fingerprint density at radius 3 is 2.25 bits per heavy atom. The van der Waals surface area contributed by atoms with Crippen LogP contribution in [-0.4, -0.2) is 39.5 Å². The molecule has 108 valence electrons. The number of carbonyl (C=O) groups is 3. The lowest BCUT2D eigenvalue weighted by Crippen LogP contribution is -2.52. The highest BCUT2D eigenvalue weighted by Gasteiger charge is 2.42. The van der Waals surface area contributed by atoms with Crippen LogP contribution in [0.1, 0.15) is 13.3 Å². The number of carbonyl (C=O) groups excluding carboxylic acids is 1. The molecule has 20 heavy (non-hydrogen) atoms. The number of nitrogens with two attached hydrogens (primary N) is 1. The van der Waals surface area contributed by atoms with Crippen molar-refractivity contribution in [3.63, 3.8) is 0 Å². The van der Waals surface area contributed by atoms with Crippen molar-refractivity contribution in [1.82, 2.24) is 0 Å². The first-order chi connectivity index (χ1) is 9.27. The maximum Gasteiger partial charge on any atom is 0.336 e. The number of anilines is 1. The van der Waals surface area contributed by atoms with E-state index in [1.165, 1.54) is 6.92 Å². The third kappa shape index (κ3) is 3.55. The first kappa shape index (κ1) is 15.6. The summed E-state index contributed by atoms with van der Waals surface area (Å²) in [4.78, 5) is 34.0. The zero-order chi connectivity index (χ0) is 15.3. The van der Waals surface area contributed by atoms with Gasteiger partial charge in [-0.25, -0.2) is 4.79 Å². The summed E-state index contributed by atoms with van der Waals surface area (Å²) in [7, 11) is 0. The summed E-state index contributed by atoms with van der Waals surface area (Å²) in [6.45, 7) is 1.18. The molecule has 1 aromatic carbocycles. The molecule has 1 aromatic rings. The van der Waals surface area contributed by atoms with Crippen LogP contribution in [-0.2, 0) is 14.4 Å². The summed E-state index contributed by atoms with van der Waals surface area (Å²) < 4.78 is 0. The molecule has 0 saturated carbocycles. The van der Waals surface area contributed by atoms with Crippen molar-refractivity contribution in [2.75, 3.05) is 5.32 Å². The fraction of sp³-hybridized carbons (Fsp3) is 0.308. The molecular weight excluding hydrogens is 264 g/mol. The number of carboxylic acids is 2. The minimum Gasteiger partial charge on any atom is -0.480 e. The quantitative estimate of drug-likeness (QED) is 0.529. The minimum absolute atomic E-state index is 0.439. The molecule has 7 heteroatoms. The first-order valence-corrected chi connectivity index (χ1v) is 5.85. The molecule has 7 nitrogen and oxygen atoms in total.